The van der Waals surface area contributed by atoms with Crippen LogP contribution in [0, 0.1) is 0 Å². The molecule has 17 heavy (non-hydrogen) atoms. The monoisotopic (exact) mass is 234 g/mol. The molecule has 1 aliphatic rings. The number of nitrogens with two attached hydrogens (primary N) is 1. The van der Waals surface area contributed by atoms with Crippen LogP contribution in [0.2, 0.25) is 0 Å². The average molecular weight is 234 g/mol. The number of ether oxygens (including phenoxy) is 1. The SMILES string of the molecule is CC1CCC(C(=O)NCc2cccc(N)c2)O1. The topological polar surface area (TPSA) is 64.4 Å². The Morgan fingerprint density at radius 2 is 2.35 bits per heavy atom. The maximum Gasteiger partial charge on any atom is 0.249 e. The van der Waals surface area contributed by atoms with Crippen molar-refractivity contribution in [1.82, 2.24) is 5.32 Å². The van der Waals surface area contributed by atoms with Crippen molar-refractivity contribution >= 4 is 11.6 Å². The smallest absolute Gasteiger partial charge is 0.249 e. The van der Waals surface area contributed by atoms with Crippen LogP contribution >= 0.6 is 0 Å². The third kappa shape index (κ3) is 3.20. The lowest BCUT2D eigenvalue weighted by Crippen LogP contribution is -2.34. The van der Waals surface area contributed by atoms with Crippen LogP contribution in [0.25, 0.3) is 0 Å². The Balaban J connectivity index is 1.84. The number of benzene rings is 1. The van der Waals surface area contributed by atoms with Crippen molar-refractivity contribution < 1.29 is 9.53 Å². The van der Waals surface area contributed by atoms with E-state index in [4.69, 9.17) is 10.5 Å². The van der Waals surface area contributed by atoms with Crippen molar-refractivity contribution in [3.05, 3.63) is 29.8 Å². The van der Waals surface area contributed by atoms with Crippen LogP contribution in [0.3, 0.4) is 0 Å². The normalized spacial score (nSPS) is 23.6. The number of anilines is 1. The molecule has 1 heterocycles. The predicted molar refractivity (Wildman–Crippen MR) is 66.3 cm³/mol. The number of nitrogens with one attached hydrogen (secondary N) is 1. The molecule has 4 heteroatoms. The summed E-state index contributed by atoms with van der Waals surface area (Å²) in [5, 5.41) is 2.87. The van der Waals surface area contributed by atoms with Crippen LogP contribution in [0.5, 0.6) is 0 Å². The molecule has 1 fully saturated rings. The van der Waals surface area contributed by atoms with E-state index in [-0.39, 0.29) is 18.1 Å². The number of hydrogen-bond acceptors (Lipinski definition) is 3. The van der Waals surface area contributed by atoms with Gasteiger partial charge >= 0.3 is 0 Å². The highest BCUT2D eigenvalue weighted by atomic mass is 16.5. The number of carbonyl (C=O) groups excluding carboxylic acids is 1. The number of hydrogen-bond donors (Lipinski definition) is 2. The lowest BCUT2D eigenvalue weighted by Gasteiger charge is -2.11. The first-order valence-electron chi connectivity index (χ1n) is 5.93. The van der Waals surface area contributed by atoms with Gasteiger partial charge in [-0.05, 0) is 37.5 Å². The Bertz CT molecular complexity index is 406. The summed E-state index contributed by atoms with van der Waals surface area (Å²) in [5.41, 5.74) is 7.38. The molecule has 1 aromatic carbocycles. The lowest BCUT2D eigenvalue weighted by atomic mass is 10.2. The minimum absolute atomic E-state index is 0.0308. The zero-order chi connectivity index (χ0) is 12.3. The highest BCUT2D eigenvalue weighted by Gasteiger charge is 2.27. The van der Waals surface area contributed by atoms with E-state index in [1.54, 1.807) is 0 Å². The Labute approximate surface area is 101 Å². The lowest BCUT2D eigenvalue weighted by molar-refractivity contribution is -0.131. The molecule has 1 aliphatic heterocycles. The van der Waals surface area contributed by atoms with Gasteiger partial charge < -0.3 is 15.8 Å². The molecule has 0 radical (unpaired) electrons. The number of nitrogen functional groups attached to an aromatic ring is 1. The molecule has 0 aromatic heterocycles. The Hall–Kier alpha value is -1.55. The van der Waals surface area contributed by atoms with E-state index in [0.29, 0.717) is 12.2 Å². The van der Waals surface area contributed by atoms with Gasteiger partial charge in [0.25, 0.3) is 0 Å². The molecule has 0 spiro atoms. The third-order valence-electron chi connectivity index (χ3n) is 2.94. The molecule has 0 aliphatic carbocycles. The van der Waals surface area contributed by atoms with E-state index < -0.39 is 0 Å². The van der Waals surface area contributed by atoms with Gasteiger partial charge in [0.1, 0.15) is 6.10 Å². The van der Waals surface area contributed by atoms with Gasteiger partial charge in [-0.3, -0.25) is 4.79 Å². The molecule has 2 unspecified atom stereocenters. The van der Waals surface area contributed by atoms with Gasteiger partial charge in [-0.25, -0.2) is 0 Å². The largest absolute Gasteiger partial charge is 0.399 e. The fourth-order valence-corrected chi connectivity index (χ4v) is 2.00. The van der Waals surface area contributed by atoms with Crippen molar-refractivity contribution in [3.8, 4) is 0 Å². The second-order valence-corrected chi connectivity index (χ2v) is 4.48. The summed E-state index contributed by atoms with van der Waals surface area (Å²) in [6, 6.07) is 7.51. The molecule has 1 aromatic rings. The molecule has 0 saturated carbocycles. The summed E-state index contributed by atoms with van der Waals surface area (Å²) in [7, 11) is 0. The maximum atomic E-state index is 11.8. The van der Waals surface area contributed by atoms with Gasteiger partial charge in [0.2, 0.25) is 5.91 Å². The van der Waals surface area contributed by atoms with Gasteiger partial charge in [0.15, 0.2) is 0 Å². The van der Waals surface area contributed by atoms with E-state index in [2.05, 4.69) is 5.32 Å². The fraction of sp³-hybridized carbons (Fsp3) is 0.462. The predicted octanol–water partition coefficient (Wildman–Crippen LogP) is 1.45. The van der Waals surface area contributed by atoms with Crippen LogP contribution in [0.15, 0.2) is 24.3 Å². The molecule has 3 N–H and O–H groups in total. The van der Waals surface area contributed by atoms with Gasteiger partial charge in [0, 0.05) is 12.2 Å². The van der Waals surface area contributed by atoms with Crippen molar-refractivity contribution in [1.29, 1.82) is 0 Å². The zero-order valence-electron chi connectivity index (χ0n) is 9.98. The summed E-state index contributed by atoms with van der Waals surface area (Å²) < 4.78 is 5.50. The summed E-state index contributed by atoms with van der Waals surface area (Å²) in [5.74, 6) is -0.0308. The standard InChI is InChI=1S/C13H18N2O2/c1-9-5-6-12(17-9)13(16)15-8-10-3-2-4-11(14)7-10/h2-4,7,9,12H,5-6,8,14H2,1H3,(H,15,16). The van der Waals surface area contributed by atoms with Gasteiger partial charge in [0.05, 0.1) is 6.10 Å². The zero-order valence-corrected chi connectivity index (χ0v) is 9.98. The first kappa shape index (κ1) is 11.9. The van der Waals surface area contributed by atoms with E-state index in [0.717, 1.165) is 18.4 Å². The van der Waals surface area contributed by atoms with E-state index >= 15 is 0 Å². The first-order valence-corrected chi connectivity index (χ1v) is 5.93. The molecule has 1 amide bonds. The van der Waals surface area contributed by atoms with E-state index in [1.165, 1.54) is 0 Å². The van der Waals surface area contributed by atoms with E-state index in [9.17, 15) is 4.79 Å². The summed E-state index contributed by atoms with van der Waals surface area (Å²) in [6.45, 7) is 2.49. The molecule has 0 bridgehead atoms. The van der Waals surface area contributed by atoms with Crippen LogP contribution in [0.4, 0.5) is 5.69 Å². The van der Waals surface area contributed by atoms with Gasteiger partial charge in [-0.15, -0.1) is 0 Å². The highest BCUT2D eigenvalue weighted by molar-refractivity contribution is 5.81. The number of carbonyl (C=O) groups is 1. The second kappa shape index (κ2) is 5.19. The maximum absolute atomic E-state index is 11.8. The van der Waals surface area contributed by atoms with Crippen LogP contribution in [-0.4, -0.2) is 18.1 Å². The number of rotatable bonds is 3. The van der Waals surface area contributed by atoms with Crippen LogP contribution < -0.4 is 11.1 Å². The molecule has 2 rings (SSSR count). The quantitative estimate of drug-likeness (QED) is 0.778. The molecule has 2 atom stereocenters. The summed E-state index contributed by atoms with van der Waals surface area (Å²) in [6.07, 6.45) is 1.67. The Morgan fingerprint density at radius 1 is 1.53 bits per heavy atom. The van der Waals surface area contributed by atoms with Crippen molar-refractivity contribution in [2.45, 2.75) is 38.5 Å². The molecule has 4 nitrogen and oxygen atoms in total. The Morgan fingerprint density at radius 3 is 3.00 bits per heavy atom. The van der Waals surface area contributed by atoms with Crippen molar-refractivity contribution in [3.63, 3.8) is 0 Å². The highest BCUT2D eigenvalue weighted by Crippen LogP contribution is 2.19. The molecular weight excluding hydrogens is 216 g/mol. The fourth-order valence-electron chi connectivity index (χ4n) is 2.00. The second-order valence-electron chi connectivity index (χ2n) is 4.48. The Kier molecular flexibility index (Phi) is 3.64. The average Bonchev–Trinajstić information content (AvgIpc) is 2.73. The minimum Gasteiger partial charge on any atom is -0.399 e. The molecule has 92 valence electrons. The minimum atomic E-state index is -0.286. The summed E-state index contributed by atoms with van der Waals surface area (Å²) >= 11 is 0. The van der Waals surface area contributed by atoms with Gasteiger partial charge in [-0.1, -0.05) is 12.1 Å². The molecular formula is C13H18N2O2. The van der Waals surface area contributed by atoms with E-state index in [1.807, 2.05) is 31.2 Å². The van der Waals surface area contributed by atoms with Crippen LogP contribution in [-0.2, 0) is 16.1 Å². The summed E-state index contributed by atoms with van der Waals surface area (Å²) in [4.78, 5) is 11.8. The third-order valence-corrected chi connectivity index (χ3v) is 2.94. The molecule has 1 saturated heterocycles. The number of amides is 1. The van der Waals surface area contributed by atoms with Crippen LogP contribution in [0.1, 0.15) is 25.3 Å². The first-order chi connectivity index (χ1) is 8.15. The van der Waals surface area contributed by atoms with Crippen molar-refractivity contribution in [2.75, 3.05) is 5.73 Å². The van der Waals surface area contributed by atoms with Crippen molar-refractivity contribution in [2.24, 2.45) is 0 Å². The van der Waals surface area contributed by atoms with Gasteiger partial charge in [-0.2, -0.15) is 0 Å².